The largest absolute Gasteiger partial charge is 0.398 e. The van der Waals surface area contributed by atoms with E-state index in [-0.39, 0.29) is 17.9 Å². The summed E-state index contributed by atoms with van der Waals surface area (Å²) in [7, 11) is 0. The maximum absolute atomic E-state index is 11.7. The number of aliphatic hydroxyl groups excluding tert-OH is 1. The molecule has 5 heteroatoms. The fourth-order valence-electron chi connectivity index (χ4n) is 1.07. The molecule has 0 spiro atoms. The van der Waals surface area contributed by atoms with Crippen LogP contribution in [0, 0.1) is 12.3 Å². The predicted octanol–water partition coefficient (Wildman–Crippen LogP) is 1.39. The van der Waals surface area contributed by atoms with Crippen LogP contribution in [-0.2, 0) is 0 Å². The first-order chi connectivity index (χ1) is 7.35. The van der Waals surface area contributed by atoms with Gasteiger partial charge in [0.15, 0.2) is 0 Å². The van der Waals surface area contributed by atoms with Gasteiger partial charge < -0.3 is 16.2 Å². The maximum atomic E-state index is 11.7. The second-order valence-corrected chi connectivity index (χ2v) is 5.88. The number of carbonyl (C=O) groups is 1. The van der Waals surface area contributed by atoms with Crippen LogP contribution in [0.3, 0.4) is 0 Å². The molecular weight excluding hydrogens is 224 g/mol. The minimum atomic E-state index is -0.298. The highest BCUT2D eigenvalue weighted by atomic mass is 32.1. The molecule has 1 heterocycles. The summed E-state index contributed by atoms with van der Waals surface area (Å²) in [4.78, 5) is 13.3. The number of anilines is 1. The zero-order chi connectivity index (χ0) is 12.3. The quantitative estimate of drug-likeness (QED) is 0.746. The van der Waals surface area contributed by atoms with Crippen molar-refractivity contribution in [3.05, 3.63) is 15.8 Å². The molecule has 4 N–H and O–H groups in total. The molecule has 1 aromatic rings. The third kappa shape index (κ3) is 3.21. The van der Waals surface area contributed by atoms with Crippen molar-refractivity contribution in [2.24, 2.45) is 5.41 Å². The Labute approximate surface area is 99.5 Å². The summed E-state index contributed by atoms with van der Waals surface area (Å²) in [5, 5.41) is 11.8. The van der Waals surface area contributed by atoms with Crippen LogP contribution in [-0.4, -0.2) is 24.2 Å². The lowest BCUT2D eigenvalue weighted by molar-refractivity contribution is 0.0915. The predicted molar refractivity (Wildman–Crippen MR) is 66.7 cm³/mol. The van der Waals surface area contributed by atoms with E-state index in [1.807, 2.05) is 20.8 Å². The normalized spacial score (nSPS) is 11.5. The third-order valence-electron chi connectivity index (χ3n) is 2.34. The number of thiophene rings is 1. The summed E-state index contributed by atoms with van der Waals surface area (Å²) < 4.78 is 0. The van der Waals surface area contributed by atoms with Gasteiger partial charge in [-0.1, -0.05) is 13.8 Å². The van der Waals surface area contributed by atoms with Crippen molar-refractivity contribution in [3.63, 3.8) is 0 Å². The van der Waals surface area contributed by atoms with E-state index in [1.165, 1.54) is 11.3 Å². The van der Waals surface area contributed by atoms with E-state index >= 15 is 0 Å². The van der Waals surface area contributed by atoms with Crippen LogP contribution >= 0.6 is 11.3 Å². The van der Waals surface area contributed by atoms with Gasteiger partial charge in [-0.05, 0) is 13.0 Å². The zero-order valence-electron chi connectivity index (χ0n) is 9.83. The molecule has 0 atom stereocenters. The molecule has 0 saturated carbocycles. The van der Waals surface area contributed by atoms with Crippen molar-refractivity contribution in [1.29, 1.82) is 0 Å². The number of nitrogens with one attached hydrogen (secondary N) is 1. The molecule has 16 heavy (non-hydrogen) atoms. The third-order valence-corrected chi connectivity index (χ3v) is 3.40. The first-order valence-electron chi connectivity index (χ1n) is 5.11. The molecule has 0 saturated heterocycles. The molecule has 0 aliphatic rings. The minimum absolute atomic E-state index is 0.0406. The van der Waals surface area contributed by atoms with E-state index in [0.717, 1.165) is 4.88 Å². The second-order valence-electron chi connectivity index (χ2n) is 4.63. The first kappa shape index (κ1) is 13.0. The summed E-state index contributed by atoms with van der Waals surface area (Å²) in [6.45, 7) is 6.15. The fourth-order valence-corrected chi connectivity index (χ4v) is 1.93. The Kier molecular flexibility index (Phi) is 3.93. The van der Waals surface area contributed by atoms with E-state index < -0.39 is 0 Å². The summed E-state index contributed by atoms with van der Waals surface area (Å²) in [6.07, 6.45) is 0. The summed E-state index contributed by atoms with van der Waals surface area (Å²) in [6, 6.07) is 1.68. The summed E-state index contributed by atoms with van der Waals surface area (Å²) in [5.74, 6) is -0.133. The van der Waals surface area contributed by atoms with Gasteiger partial charge in [-0.25, -0.2) is 0 Å². The lowest BCUT2D eigenvalue weighted by atomic mass is 9.95. The second kappa shape index (κ2) is 4.84. The van der Waals surface area contributed by atoms with Crippen LogP contribution < -0.4 is 11.1 Å². The van der Waals surface area contributed by atoms with Crippen molar-refractivity contribution in [3.8, 4) is 0 Å². The SMILES string of the molecule is Cc1sc(C(=O)NCC(C)(C)CO)cc1N. The van der Waals surface area contributed by atoms with Gasteiger partial charge in [0, 0.05) is 29.1 Å². The number of aryl methyl sites for hydroxylation is 1. The molecule has 0 aliphatic heterocycles. The highest BCUT2D eigenvalue weighted by molar-refractivity contribution is 7.14. The molecule has 0 radical (unpaired) electrons. The Morgan fingerprint density at radius 2 is 2.25 bits per heavy atom. The Morgan fingerprint density at radius 3 is 2.69 bits per heavy atom. The van der Waals surface area contributed by atoms with E-state index in [9.17, 15) is 4.79 Å². The average molecular weight is 242 g/mol. The van der Waals surface area contributed by atoms with Crippen LogP contribution in [0.15, 0.2) is 6.07 Å². The number of amides is 1. The molecule has 0 bridgehead atoms. The number of nitrogens with two attached hydrogens (primary N) is 1. The standard InChI is InChI=1S/C11H18N2O2S/c1-7-8(12)4-9(16-7)10(15)13-5-11(2,3)6-14/h4,14H,5-6,12H2,1-3H3,(H,13,15). The Balaban J connectivity index is 2.60. The highest BCUT2D eigenvalue weighted by Gasteiger charge is 2.18. The molecule has 0 aromatic carbocycles. The van der Waals surface area contributed by atoms with Crippen molar-refractivity contribution < 1.29 is 9.90 Å². The van der Waals surface area contributed by atoms with Gasteiger partial charge in [-0.15, -0.1) is 11.3 Å². The van der Waals surface area contributed by atoms with Crippen molar-refractivity contribution in [2.75, 3.05) is 18.9 Å². The number of carbonyl (C=O) groups excluding carboxylic acids is 1. The molecule has 1 amide bonds. The van der Waals surface area contributed by atoms with Gasteiger partial charge in [-0.3, -0.25) is 4.79 Å². The lowest BCUT2D eigenvalue weighted by Gasteiger charge is -2.21. The fraction of sp³-hybridized carbons (Fsp3) is 0.545. The number of nitrogen functional groups attached to an aromatic ring is 1. The van der Waals surface area contributed by atoms with E-state index in [2.05, 4.69) is 5.32 Å². The molecule has 1 rings (SSSR count). The van der Waals surface area contributed by atoms with Crippen LogP contribution in [0.1, 0.15) is 28.4 Å². The molecule has 1 aromatic heterocycles. The van der Waals surface area contributed by atoms with E-state index in [1.54, 1.807) is 6.07 Å². The van der Waals surface area contributed by atoms with Crippen LogP contribution in [0.25, 0.3) is 0 Å². The van der Waals surface area contributed by atoms with Gasteiger partial charge in [0.1, 0.15) is 0 Å². The Bertz CT molecular complexity index is 366. The van der Waals surface area contributed by atoms with Crippen molar-refractivity contribution >= 4 is 22.9 Å². The van der Waals surface area contributed by atoms with Gasteiger partial charge in [0.05, 0.1) is 4.88 Å². The average Bonchev–Trinajstić information content (AvgIpc) is 2.56. The van der Waals surface area contributed by atoms with Gasteiger partial charge in [0.2, 0.25) is 0 Å². The molecule has 0 unspecified atom stereocenters. The molecule has 0 fully saturated rings. The minimum Gasteiger partial charge on any atom is -0.398 e. The maximum Gasteiger partial charge on any atom is 0.261 e. The van der Waals surface area contributed by atoms with Crippen LogP contribution in [0.4, 0.5) is 5.69 Å². The molecule has 4 nitrogen and oxygen atoms in total. The zero-order valence-corrected chi connectivity index (χ0v) is 10.6. The lowest BCUT2D eigenvalue weighted by Crippen LogP contribution is -2.35. The molecular formula is C11H18N2O2S. The van der Waals surface area contributed by atoms with Gasteiger partial charge in [-0.2, -0.15) is 0 Å². The van der Waals surface area contributed by atoms with Gasteiger partial charge >= 0.3 is 0 Å². The van der Waals surface area contributed by atoms with Gasteiger partial charge in [0.25, 0.3) is 5.91 Å². The van der Waals surface area contributed by atoms with E-state index in [4.69, 9.17) is 10.8 Å². The van der Waals surface area contributed by atoms with Crippen LogP contribution in [0.2, 0.25) is 0 Å². The number of hydrogen-bond donors (Lipinski definition) is 3. The Hall–Kier alpha value is -1.07. The topological polar surface area (TPSA) is 75.3 Å². The summed E-state index contributed by atoms with van der Waals surface area (Å²) >= 11 is 1.38. The summed E-state index contributed by atoms with van der Waals surface area (Å²) in [5.41, 5.74) is 6.03. The highest BCUT2D eigenvalue weighted by Crippen LogP contribution is 2.23. The van der Waals surface area contributed by atoms with E-state index in [0.29, 0.717) is 17.1 Å². The number of aliphatic hydroxyl groups is 1. The molecule has 0 aliphatic carbocycles. The number of rotatable bonds is 4. The monoisotopic (exact) mass is 242 g/mol. The van der Waals surface area contributed by atoms with Crippen LogP contribution in [0.5, 0.6) is 0 Å². The number of hydrogen-bond acceptors (Lipinski definition) is 4. The van der Waals surface area contributed by atoms with Crippen molar-refractivity contribution in [1.82, 2.24) is 5.32 Å². The first-order valence-corrected chi connectivity index (χ1v) is 5.92. The molecule has 90 valence electrons. The van der Waals surface area contributed by atoms with Crippen molar-refractivity contribution in [2.45, 2.75) is 20.8 Å². The smallest absolute Gasteiger partial charge is 0.261 e. The Morgan fingerprint density at radius 1 is 1.62 bits per heavy atom.